The van der Waals surface area contributed by atoms with Crippen molar-refractivity contribution < 1.29 is 14.3 Å². The fourth-order valence-corrected chi connectivity index (χ4v) is 2.29. The second-order valence-corrected chi connectivity index (χ2v) is 4.33. The second-order valence-electron chi connectivity index (χ2n) is 4.33. The Morgan fingerprint density at radius 1 is 1.44 bits per heavy atom. The second kappa shape index (κ2) is 5.73. The molecule has 18 heavy (non-hydrogen) atoms. The van der Waals surface area contributed by atoms with Crippen LogP contribution < -0.4 is 5.32 Å². The maximum absolute atomic E-state index is 12.4. The fraction of sp³-hybridized carbons (Fsp3) is 0.462. The van der Waals surface area contributed by atoms with Crippen LogP contribution in [-0.4, -0.2) is 36.9 Å². The van der Waals surface area contributed by atoms with E-state index in [-0.39, 0.29) is 17.7 Å². The normalized spacial score (nSPS) is 23.4. The van der Waals surface area contributed by atoms with E-state index in [4.69, 9.17) is 4.74 Å². The van der Waals surface area contributed by atoms with E-state index in [1.54, 1.807) is 24.5 Å². The first-order valence-corrected chi connectivity index (χ1v) is 5.97. The first-order valence-electron chi connectivity index (χ1n) is 5.97. The quantitative estimate of drug-likeness (QED) is 0.628. The molecule has 1 aliphatic heterocycles. The van der Waals surface area contributed by atoms with E-state index in [1.165, 1.54) is 7.11 Å². The molecule has 1 saturated heterocycles. The van der Waals surface area contributed by atoms with Gasteiger partial charge in [0, 0.05) is 30.4 Å². The molecule has 1 aromatic heterocycles. The monoisotopic (exact) mass is 248 g/mol. The first-order chi connectivity index (χ1) is 8.74. The lowest BCUT2D eigenvalue weighted by Gasteiger charge is -2.29. The number of carbonyl (C=O) groups excluding carboxylic acids is 2. The molecule has 0 radical (unpaired) electrons. The predicted molar refractivity (Wildman–Crippen MR) is 65.1 cm³/mol. The van der Waals surface area contributed by atoms with Crippen molar-refractivity contribution in [3.8, 4) is 0 Å². The number of nitrogens with zero attached hydrogens (tertiary/aromatic N) is 1. The highest BCUT2D eigenvalue weighted by Crippen LogP contribution is 2.24. The Labute approximate surface area is 106 Å². The van der Waals surface area contributed by atoms with Crippen LogP contribution in [0.5, 0.6) is 0 Å². The first kappa shape index (κ1) is 12.7. The Morgan fingerprint density at radius 2 is 2.28 bits per heavy atom. The van der Waals surface area contributed by atoms with Gasteiger partial charge in [0.05, 0.1) is 13.0 Å². The maximum atomic E-state index is 12.4. The third kappa shape index (κ3) is 2.56. The van der Waals surface area contributed by atoms with E-state index in [0.717, 1.165) is 6.54 Å². The van der Waals surface area contributed by atoms with Crippen LogP contribution in [0.15, 0.2) is 24.5 Å². The number of pyridine rings is 1. The SMILES string of the molecule is COC(=O)C1CNCCC1C(=O)c1cccnc1. The molecule has 5 nitrogen and oxygen atoms in total. The summed E-state index contributed by atoms with van der Waals surface area (Å²) in [5.74, 6) is -1.08. The third-order valence-electron chi connectivity index (χ3n) is 3.27. The van der Waals surface area contributed by atoms with Gasteiger partial charge in [-0.3, -0.25) is 14.6 Å². The lowest BCUT2D eigenvalue weighted by atomic mass is 9.81. The minimum Gasteiger partial charge on any atom is -0.469 e. The number of nitrogens with one attached hydrogen (secondary N) is 1. The van der Waals surface area contributed by atoms with Crippen LogP contribution in [-0.2, 0) is 9.53 Å². The van der Waals surface area contributed by atoms with Crippen LogP contribution in [0, 0.1) is 11.8 Å². The van der Waals surface area contributed by atoms with E-state index in [2.05, 4.69) is 10.3 Å². The lowest BCUT2D eigenvalue weighted by molar-refractivity contribution is -0.147. The number of ketones is 1. The number of hydrogen-bond donors (Lipinski definition) is 1. The zero-order valence-corrected chi connectivity index (χ0v) is 10.3. The molecular weight excluding hydrogens is 232 g/mol. The molecule has 1 aromatic rings. The number of hydrogen-bond acceptors (Lipinski definition) is 5. The van der Waals surface area contributed by atoms with Crippen LogP contribution in [0.3, 0.4) is 0 Å². The van der Waals surface area contributed by atoms with Crippen LogP contribution in [0.4, 0.5) is 0 Å². The molecule has 96 valence electrons. The van der Waals surface area contributed by atoms with Gasteiger partial charge in [0.1, 0.15) is 0 Å². The minimum absolute atomic E-state index is 0.0278. The zero-order chi connectivity index (χ0) is 13.0. The van der Waals surface area contributed by atoms with Gasteiger partial charge in [-0.2, -0.15) is 0 Å². The van der Waals surface area contributed by atoms with E-state index in [1.807, 2.05) is 0 Å². The van der Waals surface area contributed by atoms with E-state index >= 15 is 0 Å². The zero-order valence-electron chi connectivity index (χ0n) is 10.3. The molecule has 2 unspecified atom stereocenters. The van der Waals surface area contributed by atoms with Gasteiger partial charge < -0.3 is 10.1 Å². The summed E-state index contributed by atoms with van der Waals surface area (Å²) in [6.07, 6.45) is 3.81. The average Bonchev–Trinajstić information content (AvgIpc) is 2.46. The number of carbonyl (C=O) groups is 2. The molecule has 0 bridgehead atoms. The summed E-state index contributed by atoms with van der Waals surface area (Å²) < 4.78 is 4.76. The smallest absolute Gasteiger partial charge is 0.310 e. The summed E-state index contributed by atoms with van der Waals surface area (Å²) in [6, 6.07) is 3.45. The van der Waals surface area contributed by atoms with Gasteiger partial charge >= 0.3 is 5.97 Å². The van der Waals surface area contributed by atoms with E-state index in [0.29, 0.717) is 18.5 Å². The van der Waals surface area contributed by atoms with Crippen molar-refractivity contribution in [1.82, 2.24) is 10.3 Å². The molecule has 0 saturated carbocycles. The van der Waals surface area contributed by atoms with E-state index < -0.39 is 5.92 Å². The molecule has 0 aliphatic carbocycles. The van der Waals surface area contributed by atoms with Crippen molar-refractivity contribution >= 4 is 11.8 Å². The minimum atomic E-state index is -0.406. The number of rotatable bonds is 3. The van der Waals surface area contributed by atoms with Gasteiger partial charge in [0.2, 0.25) is 0 Å². The predicted octanol–water partition coefficient (Wildman–Crippen LogP) is 0.663. The van der Waals surface area contributed by atoms with Gasteiger partial charge in [0.15, 0.2) is 5.78 Å². The number of ether oxygens (including phenoxy) is 1. The van der Waals surface area contributed by atoms with Gasteiger partial charge in [-0.25, -0.2) is 0 Å². The van der Waals surface area contributed by atoms with Gasteiger partial charge in [0.25, 0.3) is 0 Å². The summed E-state index contributed by atoms with van der Waals surface area (Å²) in [4.78, 5) is 28.0. The van der Waals surface area contributed by atoms with Crippen molar-refractivity contribution in [3.63, 3.8) is 0 Å². The van der Waals surface area contributed by atoms with Gasteiger partial charge in [-0.1, -0.05) is 0 Å². The van der Waals surface area contributed by atoms with Crippen molar-refractivity contribution in [2.24, 2.45) is 11.8 Å². The lowest BCUT2D eigenvalue weighted by Crippen LogP contribution is -2.44. The molecule has 1 N–H and O–H groups in total. The molecule has 1 fully saturated rings. The largest absolute Gasteiger partial charge is 0.469 e. The van der Waals surface area contributed by atoms with Crippen LogP contribution in [0.25, 0.3) is 0 Å². The topological polar surface area (TPSA) is 68.3 Å². The summed E-state index contributed by atoms with van der Waals surface area (Å²) in [6.45, 7) is 1.23. The maximum Gasteiger partial charge on any atom is 0.310 e. The Balaban J connectivity index is 2.19. The van der Waals surface area contributed by atoms with Crippen LogP contribution in [0.1, 0.15) is 16.8 Å². The fourth-order valence-electron chi connectivity index (χ4n) is 2.29. The highest BCUT2D eigenvalue weighted by Gasteiger charge is 2.36. The third-order valence-corrected chi connectivity index (χ3v) is 3.27. The van der Waals surface area contributed by atoms with Crippen molar-refractivity contribution in [3.05, 3.63) is 30.1 Å². The number of piperidine rings is 1. The molecule has 2 atom stereocenters. The van der Waals surface area contributed by atoms with Crippen molar-refractivity contribution in [2.75, 3.05) is 20.2 Å². The number of Topliss-reactive ketones (excluding diaryl/α,β-unsaturated/α-hetero) is 1. The highest BCUT2D eigenvalue weighted by molar-refractivity contribution is 5.99. The Kier molecular flexibility index (Phi) is 4.04. The van der Waals surface area contributed by atoms with Gasteiger partial charge in [-0.05, 0) is 25.1 Å². The average molecular weight is 248 g/mol. The Bertz CT molecular complexity index is 433. The molecule has 0 spiro atoms. The number of aromatic nitrogens is 1. The van der Waals surface area contributed by atoms with Crippen LogP contribution in [0.2, 0.25) is 0 Å². The Hall–Kier alpha value is -1.75. The molecule has 2 rings (SSSR count). The summed E-state index contributed by atoms with van der Waals surface area (Å²) in [5, 5.41) is 3.12. The van der Waals surface area contributed by atoms with Crippen LogP contribution >= 0.6 is 0 Å². The summed E-state index contributed by atoms with van der Waals surface area (Å²) in [5.41, 5.74) is 0.554. The highest BCUT2D eigenvalue weighted by atomic mass is 16.5. The van der Waals surface area contributed by atoms with Crippen molar-refractivity contribution in [1.29, 1.82) is 0 Å². The summed E-state index contributed by atoms with van der Waals surface area (Å²) in [7, 11) is 1.35. The standard InChI is InChI=1S/C13H16N2O3/c1-18-13(17)11-8-15-6-4-10(11)12(16)9-3-2-5-14-7-9/h2-3,5,7,10-11,15H,4,6,8H2,1H3. The molecule has 5 heteroatoms. The molecule has 0 amide bonds. The Morgan fingerprint density at radius 3 is 2.94 bits per heavy atom. The molecule has 2 heterocycles. The number of methoxy groups -OCH3 is 1. The van der Waals surface area contributed by atoms with Gasteiger partial charge in [-0.15, -0.1) is 0 Å². The van der Waals surface area contributed by atoms with Crippen molar-refractivity contribution in [2.45, 2.75) is 6.42 Å². The summed E-state index contributed by atoms with van der Waals surface area (Å²) >= 11 is 0. The van der Waals surface area contributed by atoms with E-state index in [9.17, 15) is 9.59 Å². The molecule has 1 aliphatic rings. The molecular formula is C13H16N2O3. The molecule has 0 aromatic carbocycles. The number of esters is 1.